The van der Waals surface area contributed by atoms with E-state index in [2.05, 4.69) is 0 Å². The average molecular weight is 415 g/mol. The quantitative estimate of drug-likeness (QED) is 0.741. The summed E-state index contributed by atoms with van der Waals surface area (Å²) < 4.78 is 63.2. The van der Waals surface area contributed by atoms with Crippen LogP contribution in [0.4, 0.5) is 13.2 Å². The monoisotopic (exact) mass is 415 g/mol. The standard InChI is InChI=1S/C18H17F3NO5P/c19-18(20,21)13-2-4-14(5-3-13)27-15-6-8-16(9-7-15)28(25)22(12-17(23)24)10-1-11-26-28/h2-9H,1,10-12H2,(H,23,24). The van der Waals surface area contributed by atoms with Gasteiger partial charge in [0.1, 0.15) is 18.0 Å². The fourth-order valence-corrected chi connectivity index (χ4v) is 5.02. The lowest BCUT2D eigenvalue weighted by atomic mass is 10.2. The first-order valence-electron chi connectivity index (χ1n) is 8.36. The van der Waals surface area contributed by atoms with Crippen molar-refractivity contribution >= 4 is 18.8 Å². The van der Waals surface area contributed by atoms with Crippen molar-refractivity contribution in [2.75, 3.05) is 19.7 Å². The van der Waals surface area contributed by atoms with Gasteiger partial charge in [0.05, 0.1) is 17.5 Å². The Hall–Kier alpha value is -2.35. The molecule has 0 amide bonds. The van der Waals surface area contributed by atoms with Gasteiger partial charge in [0, 0.05) is 6.54 Å². The summed E-state index contributed by atoms with van der Waals surface area (Å²) in [5, 5.41) is 9.34. The normalized spacial score (nSPS) is 20.7. The number of hydrogen-bond donors (Lipinski definition) is 1. The van der Waals surface area contributed by atoms with Crippen LogP contribution in [0.2, 0.25) is 0 Å². The molecular formula is C18H17F3NO5P. The van der Waals surface area contributed by atoms with Crippen LogP contribution in [0.15, 0.2) is 48.5 Å². The van der Waals surface area contributed by atoms with Gasteiger partial charge in [-0.1, -0.05) is 0 Å². The van der Waals surface area contributed by atoms with E-state index in [0.29, 0.717) is 24.0 Å². The second-order valence-electron chi connectivity index (χ2n) is 6.11. The number of halogens is 3. The van der Waals surface area contributed by atoms with E-state index in [-0.39, 0.29) is 12.4 Å². The molecule has 1 fully saturated rings. The van der Waals surface area contributed by atoms with E-state index >= 15 is 0 Å². The molecule has 1 aliphatic heterocycles. The third kappa shape index (κ3) is 4.55. The molecule has 2 aromatic rings. The fraction of sp³-hybridized carbons (Fsp3) is 0.278. The van der Waals surface area contributed by atoms with Gasteiger partial charge in [-0.3, -0.25) is 9.36 Å². The number of nitrogens with zero attached hydrogens (tertiary/aromatic N) is 1. The highest BCUT2D eigenvalue weighted by Gasteiger charge is 2.38. The van der Waals surface area contributed by atoms with Gasteiger partial charge in [0.25, 0.3) is 0 Å². The van der Waals surface area contributed by atoms with Crippen LogP contribution in [-0.4, -0.2) is 35.4 Å². The van der Waals surface area contributed by atoms with Crippen LogP contribution in [0.5, 0.6) is 11.5 Å². The van der Waals surface area contributed by atoms with Crippen molar-refractivity contribution in [1.29, 1.82) is 0 Å². The molecule has 6 nitrogen and oxygen atoms in total. The number of alkyl halides is 3. The topological polar surface area (TPSA) is 76.1 Å². The molecule has 0 bridgehead atoms. The van der Waals surface area contributed by atoms with Crippen LogP contribution in [-0.2, 0) is 20.1 Å². The summed E-state index contributed by atoms with van der Waals surface area (Å²) >= 11 is 0. The lowest BCUT2D eigenvalue weighted by molar-refractivity contribution is -0.138. The zero-order valence-electron chi connectivity index (χ0n) is 14.6. The van der Waals surface area contributed by atoms with Gasteiger partial charge in [-0.15, -0.1) is 0 Å². The molecule has 0 radical (unpaired) electrons. The number of benzene rings is 2. The predicted octanol–water partition coefficient (Wildman–Crippen LogP) is 4.12. The number of carboxylic acids is 1. The molecule has 150 valence electrons. The molecule has 2 aromatic carbocycles. The number of ether oxygens (including phenoxy) is 1. The molecule has 0 saturated carbocycles. The lowest BCUT2D eigenvalue weighted by Crippen LogP contribution is -2.36. The molecule has 28 heavy (non-hydrogen) atoms. The Morgan fingerprint density at radius 3 is 2.21 bits per heavy atom. The first-order chi connectivity index (χ1) is 13.2. The van der Waals surface area contributed by atoms with Crippen molar-refractivity contribution in [3.8, 4) is 11.5 Å². The van der Waals surface area contributed by atoms with E-state index in [9.17, 15) is 22.5 Å². The highest BCUT2D eigenvalue weighted by molar-refractivity contribution is 7.64. The molecule has 3 rings (SSSR count). The highest BCUT2D eigenvalue weighted by Crippen LogP contribution is 2.52. The maximum atomic E-state index is 13.2. The molecule has 0 spiro atoms. The van der Waals surface area contributed by atoms with E-state index < -0.39 is 31.8 Å². The van der Waals surface area contributed by atoms with E-state index in [0.717, 1.165) is 12.1 Å². The Bertz CT molecular complexity index is 884. The Morgan fingerprint density at radius 1 is 1.11 bits per heavy atom. The molecular weight excluding hydrogens is 398 g/mol. The summed E-state index contributed by atoms with van der Waals surface area (Å²) in [7, 11) is -3.49. The molecule has 1 saturated heterocycles. The summed E-state index contributed by atoms with van der Waals surface area (Å²) in [5.74, 6) is -0.557. The first-order valence-corrected chi connectivity index (χ1v) is 9.94. The number of carbonyl (C=O) groups is 1. The SMILES string of the molecule is O=C(O)CN1CCCOP1(=O)c1ccc(Oc2ccc(C(F)(F)F)cc2)cc1. The minimum Gasteiger partial charge on any atom is -0.480 e. The number of carboxylic acid groups (broad SMARTS) is 1. The number of rotatable bonds is 5. The van der Waals surface area contributed by atoms with E-state index in [1.807, 2.05) is 0 Å². The van der Waals surface area contributed by atoms with Crippen LogP contribution in [0, 0.1) is 0 Å². The molecule has 1 aliphatic rings. The first kappa shape index (κ1) is 20.4. The van der Waals surface area contributed by atoms with Crippen LogP contribution in [0.1, 0.15) is 12.0 Å². The molecule has 1 atom stereocenters. The summed E-state index contributed by atoms with van der Waals surface area (Å²) in [6.07, 6.45) is -3.85. The second kappa shape index (κ2) is 7.95. The Balaban J connectivity index is 1.75. The van der Waals surface area contributed by atoms with Crippen LogP contribution >= 0.6 is 7.52 Å². The fourth-order valence-electron chi connectivity index (χ4n) is 2.77. The van der Waals surface area contributed by atoms with E-state index in [1.165, 1.54) is 41.1 Å². The third-order valence-electron chi connectivity index (χ3n) is 4.10. The maximum absolute atomic E-state index is 13.2. The molecule has 1 N–H and O–H groups in total. The van der Waals surface area contributed by atoms with Crippen molar-refractivity contribution in [1.82, 2.24) is 4.67 Å². The van der Waals surface area contributed by atoms with Crippen molar-refractivity contribution in [2.45, 2.75) is 12.6 Å². The summed E-state index contributed by atoms with van der Waals surface area (Å²) in [6.45, 7) is 0.200. The molecule has 1 unspecified atom stereocenters. The van der Waals surface area contributed by atoms with E-state index in [4.69, 9.17) is 14.4 Å². The minimum absolute atomic E-state index is 0.216. The third-order valence-corrected chi connectivity index (χ3v) is 6.67. The Morgan fingerprint density at radius 2 is 1.68 bits per heavy atom. The van der Waals surface area contributed by atoms with Crippen LogP contribution in [0.25, 0.3) is 0 Å². The molecule has 1 heterocycles. The van der Waals surface area contributed by atoms with Crippen molar-refractivity contribution in [3.05, 3.63) is 54.1 Å². The second-order valence-corrected chi connectivity index (χ2v) is 8.49. The smallest absolute Gasteiger partial charge is 0.416 e. The highest BCUT2D eigenvalue weighted by atomic mass is 31.2. The van der Waals surface area contributed by atoms with Gasteiger partial charge in [-0.05, 0) is 55.0 Å². The van der Waals surface area contributed by atoms with Crippen molar-refractivity contribution in [3.63, 3.8) is 0 Å². The van der Waals surface area contributed by atoms with E-state index in [1.54, 1.807) is 0 Å². The zero-order chi connectivity index (χ0) is 20.4. The molecule has 0 aromatic heterocycles. The number of hydrogen-bond acceptors (Lipinski definition) is 4. The summed E-state index contributed by atoms with van der Waals surface area (Å²) in [5.41, 5.74) is -0.777. The average Bonchev–Trinajstić information content (AvgIpc) is 2.64. The summed E-state index contributed by atoms with van der Waals surface area (Å²) in [6, 6.07) is 10.3. The van der Waals surface area contributed by atoms with Gasteiger partial charge in [0.15, 0.2) is 0 Å². The predicted molar refractivity (Wildman–Crippen MR) is 95.0 cm³/mol. The van der Waals surface area contributed by atoms with Gasteiger partial charge in [0.2, 0.25) is 0 Å². The van der Waals surface area contributed by atoms with Crippen molar-refractivity contribution in [2.24, 2.45) is 0 Å². The van der Waals surface area contributed by atoms with Gasteiger partial charge < -0.3 is 14.4 Å². The zero-order valence-corrected chi connectivity index (χ0v) is 15.5. The Kier molecular flexibility index (Phi) is 5.79. The Labute approximate surface area is 159 Å². The largest absolute Gasteiger partial charge is 0.480 e. The molecule has 0 aliphatic carbocycles. The summed E-state index contributed by atoms with van der Waals surface area (Å²) in [4.78, 5) is 11.0. The minimum atomic E-state index is -4.42. The maximum Gasteiger partial charge on any atom is 0.416 e. The van der Waals surface area contributed by atoms with Crippen molar-refractivity contribution < 1.29 is 36.9 Å². The van der Waals surface area contributed by atoms with Crippen LogP contribution in [0.3, 0.4) is 0 Å². The van der Waals surface area contributed by atoms with Gasteiger partial charge in [-0.25, -0.2) is 4.67 Å². The molecule has 10 heteroatoms. The lowest BCUT2D eigenvalue weighted by Gasteiger charge is -2.34. The van der Waals surface area contributed by atoms with Gasteiger partial charge >= 0.3 is 19.7 Å². The van der Waals surface area contributed by atoms with Crippen LogP contribution < -0.4 is 10.0 Å². The number of aliphatic carboxylic acids is 1. The van der Waals surface area contributed by atoms with Gasteiger partial charge in [-0.2, -0.15) is 13.2 Å².